The van der Waals surface area contributed by atoms with Gasteiger partial charge >= 0.3 is 6.09 Å². The van der Waals surface area contributed by atoms with Crippen LogP contribution in [-0.2, 0) is 16.0 Å². The van der Waals surface area contributed by atoms with Gasteiger partial charge in [-0.3, -0.25) is 4.79 Å². The Morgan fingerprint density at radius 1 is 1.25 bits per heavy atom. The van der Waals surface area contributed by atoms with Crippen LogP contribution in [0.2, 0.25) is 0 Å². The minimum absolute atomic E-state index is 0.00437. The summed E-state index contributed by atoms with van der Waals surface area (Å²) in [6.07, 6.45) is 1.80. The van der Waals surface area contributed by atoms with Gasteiger partial charge in [-0.1, -0.05) is 6.07 Å². The van der Waals surface area contributed by atoms with Gasteiger partial charge in [0.05, 0.1) is 0 Å². The number of Topliss-reactive ketones (excluding diaryl/α,β-unsaturated/α-hetero) is 1. The van der Waals surface area contributed by atoms with Crippen molar-refractivity contribution >= 4 is 18.0 Å². The average Bonchev–Trinajstić information content (AvgIpc) is 3.22. The van der Waals surface area contributed by atoms with Gasteiger partial charge in [0.15, 0.2) is 0 Å². The van der Waals surface area contributed by atoms with E-state index in [1.807, 2.05) is 32.9 Å². The molecule has 1 amide bonds. The van der Waals surface area contributed by atoms with E-state index < -0.39 is 18.6 Å². The molecule has 1 aliphatic heterocycles. The number of piperidine rings is 1. The third-order valence-corrected chi connectivity index (χ3v) is 5.98. The Kier molecular flexibility index (Phi) is 8.39. The third-order valence-electron chi connectivity index (χ3n) is 5.98. The van der Waals surface area contributed by atoms with Crippen LogP contribution in [0, 0.1) is 11.3 Å². The van der Waals surface area contributed by atoms with Crippen LogP contribution in [0.3, 0.4) is 0 Å². The molecule has 0 spiro atoms. The number of allylic oxidation sites excluding steroid dienone is 2. The molecule has 0 bridgehead atoms. The molecule has 0 radical (unpaired) electrons. The number of ketones is 1. The highest BCUT2D eigenvalue weighted by atomic mass is 19.3. The van der Waals surface area contributed by atoms with E-state index >= 15 is 0 Å². The number of carbonyl (C=O) groups is 2. The van der Waals surface area contributed by atoms with Crippen molar-refractivity contribution in [3.8, 4) is 11.8 Å². The van der Waals surface area contributed by atoms with E-state index in [0.717, 1.165) is 16.7 Å². The molecule has 1 fully saturated rings. The summed E-state index contributed by atoms with van der Waals surface area (Å²) in [6.45, 7) is 5.68. The average molecular weight is 502 g/mol. The van der Waals surface area contributed by atoms with Crippen molar-refractivity contribution in [2.24, 2.45) is 0 Å². The molecule has 0 N–H and O–H groups in total. The van der Waals surface area contributed by atoms with Crippen LogP contribution in [-0.4, -0.2) is 67.5 Å². The molecular formula is C27H33F2N3O4. The van der Waals surface area contributed by atoms with Crippen LogP contribution in [0.5, 0.6) is 5.75 Å². The number of benzene rings is 1. The first-order chi connectivity index (χ1) is 16.9. The first-order valence-corrected chi connectivity index (χ1v) is 12.0. The molecule has 194 valence electrons. The molecule has 0 unspecified atom stereocenters. The number of fused-ring (bicyclic) bond motifs is 1. The number of nitrogens with zero attached hydrogens (tertiary/aromatic N) is 3. The van der Waals surface area contributed by atoms with E-state index in [4.69, 9.17) is 9.47 Å². The van der Waals surface area contributed by atoms with Gasteiger partial charge in [-0.2, -0.15) is 5.26 Å². The number of hydrogen-bond donors (Lipinski definition) is 0. The van der Waals surface area contributed by atoms with Gasteiger partial charge in [0, 0.05) is 45.4 Å². The Labute approximate surface area is 210 Å². The fraction of sp³-hybridized carbons (Fsp3) is 0.519. The molecule has 0 saturated carbocycles. The molecule has 1 aromatic rings. The number of rotatable bonds is 7. The molecule has 1 aromatic carbocycles. The minimum Gasteiger partial charge on any atom is -0.487 e. The third kappa shape index (κ3) is 6.84. The lowest BCUT2D eigenvalue weighted by Gasteiger charge is -2.34. The van der Waals surface area contributed by atoms with Crippen molar-refractivity contribution in [3.63, 3.8) is 0 Å². The predicted octanol–water partition coefficient (Wildman–Crippen LogP) is 4.92. The first-order valence-electron chi connectivity index (χ1n) is 12.0. The summed E-state index contributed by atoms with van der Waals surface area (Å²) in [5.41, 5.74) is 2.32. The summed E-state index contributed by atoms with van der Waals surface area (Å²) in [4.78, 5) is 28.6. The van der Waals surface area contributed by atoms with Crippen LogP contribution < -0.4 is 4.74 Å². The SMILES string of the molecule is CN(C)C=C(C#N)C(=O)C1=Cc2cc(OCC(F)F)c(C3CCN(C(=O)OC(C)(C)C)CC3)cc2C1. The van der Waals surface area contributed by atoms with Crippen LogP contribution in [0.25, 0.3) is 6.08 Å². The van der Waals surface area contributed by atoms with Gasteiger partial charge in [0.25, 0.3) is 6.43 Å². The maximum Gasteiger partial charge on any atom is 0.410 e. The van der Waals surface area contributed by atoms with Gasteiger partial charge in [-0.05, 0) is 68.4 Å². The monoisotopic (exact) mass is 501 g/mol. The number of carbonyl (C=O) groups excluding carboxylic acids is 2. The second-order valence-corrected chi connectivity index (χ2v) is 10.3. The molecule has 3 rings (SSSR count). The first kappa shape index (κ1) is 27.2. The van der Waals surface area contributed by atoms with E-state index in [0.29, 0.717) is 43.7 Å². The van der Waals surface area contributed by atoms with Gasteiger partial charge in [0.2, 0.25) is 5.78 Å². The van der Waals surface area contributed by atoms with Gasteiger partial charge < -0.3 is 19.3 Å². The summed E-state index contributed by atoms with van der Waals surface area (Å²) < 4.78 is 36.9. The van der Waals surface area contributed by atoms with Crippen molar-refractivity contribution in [3.05, 3.63) is 46.2 Å². The summed E-state index contributed by atoms with van der Waals surface area (Å²) in [5.74, 6) is 0.00782. The van der Waals surface area contributed by atoms with Gasteiger partial charge in [0.1, 0.15) is 29.6 Å². The van der Waals surface area contributed by atoms with E-state index in [9.17, 15) is 23.6 Å². The van der Waals surface area contributed by atoms with Crippen LogP contribution in [0.4, 0.5) is 13.6 Å². The molecule has 1 saturated heterocycles. The van der Waals surface area contributed by atoms with Gasteiger partial charge in [-0.25, -0.2) is 13.6 Å². The van der Waals surface area contributed by atoms with E-state index in [-0.39, 0.29) is 23.4 Å². The number of amides is 1. The standard InChI is InChI=1S/C27H33F2N3O4/c1-27(2,3)36-26(34)32-8-6-17(7-9-32)22-12-18-10-20(25(33)21(14-30)15-31(4)5)11-19(18)13-23(22)35-16-24(28)29/h11-13,15,17,24H,6-10,16H2,1-5H3. The molecule has 7 nitrogen and oxygen atoms in total. The Hall–Kier alpha value is -3.41. The zero-order valence-corrected chi connectivity index (χ0v) is 21.4. The normalized spacial score (nSPS) is 16.4. The summed E-state index contributed by atoms with van der Waals surface area (Å²) in [5, 5.41) is 9.40. The second-order valence-electron chi connectivity index (χ2n) is 10.3. The highest BCUT2D eigenvalue weighted by molar-refractivity contribution is 6.14. The number of alkyl halides is 2. The minimum atomic E-state index is -2.62. The number of nitriles is 1. The molecule has 2 aliphatic rings. The van der Waals surface area contributed by atoms with Gasteiger partial charge in [-0.15, -0.1) is 0 Å². The summed E-state index contributed by atoms with van der Waals surface area (Å²) in [6, 6.07) is 5.57. The molecule has 1 heterocycles. The van der Waals surface area contributed by atoms with Crippen molar-refractivity contribution in [2.45, 2.75) is 58.0 Å². The van der Waals surface area contributed by atoms with Crippen molar-refractivity contribution in [2.75, 3.05) is 33.8 Å². The molecule has 0 aromatic heterocycles. The lowest BCUT2D eigenvalue weighted by atomic mass is 9.87. The fourth-order valence-corrected chi connectivity index (χ4v) is 4.40. The lowest BCUT2D eigenvalue weighted by Crippen LogP contribution is -2.41. The van der Waals surface area contributed by atoms with Crippen LogP contribution >= 0.6 is 0 Å². The quantitative estimate of drug-likeness (QED) is 0.390. The van der Waals surface area contributed by atoms with E-state index in [2.05, 4.69) is 0 Å². The Morgan fingerprint density at radius 2 is 1.92 bits per heavy atom. The smallest absolute Gasteiger partial charge is 0.410 e. The molecule has 36 heavy (non-hydrogen) atoms. The highest BCUT2D eigenvalue weighted by Gasteiger charge is 2.31. The zero-order chi connectivity index (χ0) is 26.6. The number of halogens is 2. The predicted molar refractivity (Wildman–Crippen MR) is 132 cm³/mol. The lowest BCUT2D eigenvalue weighted by molar-refractivity contribution is -0.111. The van der Waals surface area contributed by atoms with Crippen molar-refractivity contribution in [1.82, 2.24) is 9.80 Å². The highest BCUT2D eigenvalue weighted by Crippen LogP contribution is 2.40. The van der Waals surface area contributed by atoms with E-state index in [1.54, 1.807) is 36.0 Å². The number of ether oxygens (including phenoxy) is 2. The molecule has 0 atom stereocenters. The topological polar surface area (TPSA) is 82.9 Å². The molecule has 1 aliphatic carbocycles. The largest absolute Gasteiger partial charge is 0.487 e. The molecular weight excluding hydrogens is 468 g/mol. The van der Waals surface area contributed by atoms with E-state index in [1.165, 1.54) is 6.20 Å². The van der Waals surface area contributed by atoms with Crippen LogP contribution in [0.1, 0.15) is 56.2 Å². The Bertz CT molecular complexity index is 1110. The Morgan fingerprint density at radius 3 is 2.47 bits per heavy atom. The number of likely N-dealkylation sites (tertiary alicyclic amines) is 1. The van der Waals surface area contributed by atoms with Crippen molar-refractivity contribution < 1.29 is 27.8 Å². The Balaban J connectivity index is 1.82. The maximum absolute atomic E-state index is 13.0. The number of hydrogen-bond acceptors (Lipinski definition) is 6. The second kappa shape index (κ2) is 11.1. The summed E-state index contributed by atoms with van der Waals surface area (Å²) in [7, 11) is 3.46. The zero-order valence-electron chi connectivity index (χ0n) is 21.4. The summed E-state index contributed by atoms with van der Waals surface area (Å²) >= 11 is 0. The van der Waals surface area contributed by atoms with Crippen LogP contribution in [0.15, 0.2) is 29.5 Å². The fourth-order valence-electron chi connectivity index (χ4n) is 4.40. The maximum atomic E-state index is 13.0. The molecule has 9 heteroatoms. The van der Waals surface area contributed by atoms with Crippen molar-refractivity contribution in [1.29, 1.82) is 5.26 Å².